The fraction of sp³-hybridized carbons (Fsp3) is 0.500. The van der Waals surface area contributed by atoms with Crippen molar-refractivity contribution in [3.05, 3.63) is 12.2 Å². The van der Waals surface area contributed by atoms with E-state index in [9.17, 15) is 4.79 Å². The monoisotopic (exact) mass is 185 g/mol. The topological polar surface area (TPSA) is 50.1 Å². The Kier molecular flexibility index (Phi) is 6.21. The van der Waals surface area contributed by atoms with E-state index in [4.69, 9.17) is 10.00 Å². The fourth-order valence-electron chi connectivity index (χ4n) is 0.512. The zero-order chi connectivity index (χ0) is 9.40. The van der Waals surface area contributed by atoms with Gasteiger partial charge in [-0.05, 0) is 6.92 Å². The number of nitriles is 1. The molecule has 0 aromatic rings. The van der Waals surface area contributed by atoms with Crippen LogP contribution in [0.3, 0.4) is 0 Å². The van der Waals surface area contributed by atoms with Crippen molar-refractivity contribution in [1.82, 2.24) is 0 Å². The van der Waals surface area contributed by atoms with Gasteiger partial charge in [-0.3, -0.25) is 0 Å². The number of hydrogen-bond acceptors (Lipinski definition) is 4. The smallest absolute Gasteiger partial charge is 0.334 e. The lowest BCUT2D eigenvalue weighted by Gasteiger charge is -2.02. The molecule has 0 aromatic heterocycles. The average molecular weight is 185 g/mol. The van der Waals surface area contributed by atoms with Crippen molar-refractivity contribution in [3.63, 3.8) is 0 Å². The minimum Gasteiger partial charge on any atom is -0.463 e. The summed E-state index contributed by atoms with van der Waals surface area (Å²) in [6.45, 7) is 5.65. The maximum absolute atomic E-state index is 10.9. The third-order valence-corrected chi connectivity index (χ3v) is 1.89. The van der Waals surface area contributed by atoms with Crippen molar-refractivity contribution in [3.8, 4) is 6.07 Å². The van der Waals surface area contributed by atoms with Crippen LogP contribution in [0.4, 0.5) is 0 Å². The lowest BCUT2D eigenvalue weighted by molar-refractivity contribution is -0.138. The van der Waals surface area contributed by atoms with Crippen molar-refractivity contribution < 1.29 is 9.53 Å². The first kappa shape index (κ1) is 11.1. The number of esters is 1. The Bertz CT molecular complexity index is 208. The summed E-state index contributed by atoms with van der Waals surface area (Å²) in [7, 11) is 0. The van der Waals surface area contributed by atoms with Gasteiger partial charge in [0.15, 0.2) is 0 Å². The van der Waals surface area contributed by atoms with Gasteiger partial charge < -0.3 is 4.74 Å². The summed E-state index contributed by atoms with van der Waals surface area (Å²) in [4.78, 5) is 10.9. The van der Waals surface area contributed by atoms with Crippen molar-refractivity contribution in [2.75, 3.05) is 18.1 Å². The van der Waals surface area contributed by atoms with Crippen LogP contribution in [-0.4, -0.2) is 24.1 Å². The van der Waals surface area contributed by atoms with Gasteiger partial charge >= 0.3 is 5.97 Å². The quantitative estimate of drug-likeness (QED) is 0.368. The molecule has 0 radical (unpaired) electrons. The molecule has 0 amide bonds. The molecule has 0 saturated carbocycles. The third kappa shape index (κ3) is 4.80. The molecule has 0 unspecified atom stereocenters. The lowest BCUT2D eigenvalue weighted by Crippen LogP contribution is -2.08. The van der Waals surface area contributed by atoms with E-state index in [0.29, 0.717) is 23.7 Å². The first-order chi connectivity index (χ1) is 5.72. The molecular formula is C8H11NO2S. The van der Waals surface area contributed by atoms with Gasteiger partial charge in [0.2, 0.25) is 0 Å². The fourth-order valence-corrected chi connectivity index (χ4v) is 1.07. The van der Waals surface area contributed by atoms with Crippen LogP contribution in [0.15, 0.2) is 12.2 Å². The summed E-state index contributed by atoms with van der Waals surface area (Å²) in [6, 6.07) is 1.96. The average Bonchev–Trinajstić information content (AvgIpc) is 2.05. The van der Waals surface area contributed by atoms with E-state index < -0.39 is 0 Å². The van der Waals surface area contributed by atoms with Crippen LogP contribution in [0.1, 0.15) is 6.92 Å². The highest BCUT2D eigenvalue weighted by Crippen LogP contribution is 2.06. The number of ether oxygens (including phenoxy) is 1. The van der Waals surface area contributed by atoms with Gasteiger partial charge in [-0.15, -0.1) is 11.8 Å². The summed E-state index contributed by atoms with van der Waals surface area (Å²) in [5.41, 5.74) is 0.414. The van der Waals surface area contributed by atoms with E-state index in [2.05, 4.69) is 6.58 Å². The van der Waals surface area contributed by atoms with Gasteiger partial charge in [0, 0.05) is 11.3 Å². The molecule has 0 heterocycles. The van der Waals surface area contributed by atoms with Crippen LogP contribution in [0, 0.1) is 11.3 Å². The number of thioether (sulfide) groups is 1. The summed E-state index contributed by atoms with van der Waals surface area (Å²) in [5, 5.41) is 8.20. The van der Waals surface area contributed by atoms with Crippen LogP contribution in [-0.2, 0) is 9.53 Å². The highest BCUT2D eigenvalue weighted by atomic mass is 32.2. The molecule has 0 N–H and O–H groups in total. The number of hydrogen-bond donors (Lipinski definition) is 0. The summed E-state index contributed by atoms with van der Waals surface area (Å²) in [6.07, 6.45) is 0. The Morgan fingerprint density at radius 1 is 1.75 bits per heavy atom. The van der Waals surface area contributed by atoms with Crippen LogP contribution in [0.5, 0.6) is 0 Å². The van der Waals surface area contributed by atoms with E-state index in [0.717, 1.165) is 0 Å². The van der Waals surface area contributed by atoms with Gasteiger partial charge in [-0.1, -0.05) is 6.58 Å². The number of nitrogens with zero attached hydrogens (tertiary/aromatic N) is 1. The van der Waals surface area contributed by atoms with Gasteiger partial charge in [0.25, 0.3) is 0 Å². The first-order valence-corrected chi connectivity index (χ1v) is 4.67. The maximum atomic E-state index is 10.9. The minimum atomic E-state index is -0.372. The van der Waals surface area contributed by atoms with Gasteiger partial charge in [0.05, 0.1) is 18.4 Å². The molecule has 0 bridgehead atoms. The zero-order valence-electron chi connectivity index (χ0n) is 7.00. The Balaban J connectivity index is 3.59. The maximum Gasteiger partial charge on any atom is 0.334 e. The van der Waals surface area contributed by atoms with Crippen molar-refractivity contribution >= 4 is 17.7 Å². The van der Waals surface area contributed by atoms with Gasteiger partial charge in [0.1, 0.15) is 0 Å². The van der Waals surface area contributed by atoms with Crippen LogP contribution >= 0.6 is 11.8 Å². The van der Waals surface area contributed by atoms with Crippen LogP contribution in [0.2, 0.25) is 0 Å². The van der Waals surface area contributed by atoms with E-state index >= 15 is 0 Å². The second-order valence-corrected chi connectivity index (χ2v) is 2.96. The molecule has 0 saturated heterocycles. The molecule has 0 atom stereocenters. The van der Waals surface area contributed by atoms with Crippen LogP contribution in [0.25, 0.3) is 0 Å². The predicted octanol–water partition coefficient (Wildman–Crippen LogP) is 1.36. The van der Waals surface area contributed by atoms with Crippen LogP contribution < -0.4 is 0 Å². The van der Waals surface area contributed by atoms with E-state index in [1.54, 1.807) is 6.92 Å². The molecule has 0 aliphatic rings. The first-order valence-electron chi connectivity index (χ1n) is 3.52. The molecule has 0 aliphatic heterocycles. The van der Waals surface area contributed by atoms with E-state index in [1.165, 1.54) is 11.8 Å². The Labute approximate surface area is 76.4 Å². The number of rotatable bonds is 5. The molecular weight excluding hydrogens is 174 g/mol. The highest BCUT2D eigenvalue weighted by molar-refractivity contribution is 7.99. The number of carbonyl (C=O) groups excluding carboxylic acids is 1. The minimum absolute atomic E-state index is 0.362. The second-order valence-electron chi connectivity index (χ2n) is 1.97. The van der Waals surface area contributed by atoms with E-state index in [-0.39, 0.29) is 5.97 Å². The number of carbonyl (C=O) groups is 1. The molecule has 0 spiro atoms. The normalized spacial score (nSPS) is 8.67. The molecule has 3 nitrogen and oxygen atoms in total. The molecule has 4 heteroatoms. The Hall–Kier alpha value is -0.950. The van der Waals surface area contributed by atoms with E-state index in [1.807, 2.05) is 6.07 Å². The van der Waals surface area contributed by atoms with Crippen molar-refractivity contribution in [2.45, 2.75) is 6.92 Å². The molecule has 0 aromatic carbocycles. The summed E-state index contributed by atoms with van der Waals surface area (Å²) in [5.74, 6) is 0.466. The largest absolute Gasteiger partial charge is 0.463 e. The van der Waals surface area contributed by atoms with Crippen molar-refractivity contribution in [1.29, 1.82) is 5.26 Å². The standard InChI is InChI=1S/C8H11NO2S/c1-3-11-8(10)7(2)6-12-5-4-9/h2-3,5-6H2,1H3. The van der Waals surface area contributed by atoms with Gasteiger partial charge in [-0.2, -0.15) is 5.26 Å². The molecule has 0 fully saturated rings. The molecule has 0 rings (SSSR count). The summed E-state index contributed by atoms with van der Waals surface area (Å²) < 4.78 is 4.70. The Morgan fingerprint density at radius 2 is 2.42 bits per heavy atom. The highest BCUT2D eigenvalue weighted by Gasteiger charge is 2.06. The lowest BCUT2D eigenvalue weighted by atomic mass is 10.4. The summed E-state index contributed by atoms with van der Waals surface area (Å²) >= 11 is 1.35. The third-order valence-electron chi connectivity index (χ3n) is 1.01. The zero-order valence-corrected chi connectivity index (χ0v) is 7.82. The molecule has 12 heavy (non-hydrogen) atoms. The van der Waals surface area contributed by atoms with Gasteiger partial charge in [-0.25, -0.2) is 4.79 Å². The predicted molar refractivity (Wildman–Crippen MR) is 48.7 cm³/mol. The van der Waals surface area contributed by atoms with Crippen molar-refractivity contribution in [2.24, 2.45) is 0 Å². The SMILES string of the molecule is C=C(CSCC#N)C(=O)OCC. The molecule has 0 aliphatic carbocycles. The molecule has 66 valence electrons. The Morgan fingerprint density at radius 3 is 2.92 bits per heavy atom. The second kappa shape index (κ2) is 6.74.